The number of aliphatic carboxylic acids is 1. The number of nitrogens with one attached hydrogen (secondary N) is 1. The van der Waals surface area contributed by atoms with E-state index in [-0.39, 0.29) is 36.7 Å². The number of hydrogen-bond acceptors (Lipinski definition) is 4. The van der Waals surface area contributed by atoms with Crippen molar-refractivity contribution >= 4 is 18.0 Å². The Morgan fingerprint density at radius 2 is 1.71 bits per heavy atom. The molecule has 1 saturated carbocycles. The van der Waals surface area contributed by atoms with Crippen molar-refractivity contribution in [3.8, 4) is 11.1 Å². The van der Waals surface area contributed by atoms with Gasteiger partial charge in [-0.15, -0.1) is 0 Å². The van der Waals surface area contributed by atoms with Gasteiger partial charge in [-0.25, -0.2) is 9.59 Å². The van der Waals surface area contributed by atoms with Crippen LogP contribution in [-0.4, -0.2) is 52.7 Å². The third-order valence-electron chi connectivity index (χ3n) is 8.01. The van der Waals surface area contributed by atoms with Crippen molar-refractivity contribution in [1.82, 2.24) is 10.2 Å². The molecule has 3 aliphatic rings. The zero-order chi connectivity index (χ0) is 24.7. The zero-order valence-electron chi connectivity index (χ0n) is 20.2. The number of nitrogens with zero attached hydrogens (tertiary/aromatic N) is 1. The Bertz CT molecular complexity index is 1120. The average Bonchev–Trinajstić information content (AvgIpc) is 3.53. The second-order valence-corrected chi connectivity index (χ2v) is 10.3. The molecule has 0 unspecified atom stereocenters. The van der Waals surface area contributed by atoms with Gasteiger partial charge in [0.2, 0.25) is 5.91 Å². The van der Waals surface area contributed by atoms with Crippen LogP contribution in [0.4, 0.5) is 4.79 Å². The highest BCUT2D eigenvalue weighted by atomic mass is 16.5. The summed E-state index contributed by atoms with van der Waals surface area (Å²) in [5, 5.41) is 12.6. The summed E-state index contributed by atoms with van der Waals surface area (Å²) in [6.45, 7) is 4.53. The molecule has 0 spiro atoms. The zero-order valence-corrected chi connectivity index (χ0v) is 20.2. The highest BCUT2D eigenvalue weighted by molar-refractivity contribution is 5.91. The fraction of sp³-hybridized carbons (Fsp3) is 0.464. The summed E-state index contributed by atoms with van der Waals surface area (Å²) in [6, 6.07) is 15.9. The smallest absolute Gasteiger partial charge is 0.407 e. The number of carboxylic acid groups (broad SMARTS) is 1. The van der Waals surface area contributed by atoms with Crippen LogP contribution in [0.5, 0.6) is 0 Å². The first-order valence-electron chi connectivity index (χ1n) is 12.5. The minimum Gasteiger partial charge on any atom is -0.479 e. The molecule has 7 heteroatoms. The Kier molecular flexibility index (Phi) is 6.03. The highest BCUT2D eigenvalue weighted by Gasteiger charge is 2.66. The van der Waals surface area contributed by atoms with E-state index in [0.29, 0.717) is 13.0 Å². The number of likely N-dealkylation sites (tertiary alicyclic amines) is 1. The number of amides is 2. The molecule has 3 atom stereocenters. The second kappa shape index (κ2) is 9.02. The van der Waals surface area contributed by atoms with E-state index in [4.69, 9.17) is 4.74 Å². The number of carbonyl (C=O) groups excluding carboxylic acids is 2. The first-order chi connectivity index (χ1) is 16.8. The molecule has 7 nitrogen and oxygen atoms in total. The molecule has 0 aromatic heterocycles. The lowest BCUT2D eigenvalue weighted by atomic mass is 9.97. The number of benzene rings is 2. The molecule has 2 aliphatic carbocycles. The minimum absolute atomic E-state index is 0.0139. The molecule has 2 amide bonds. The molecule has 1 heterocycles. The first-order valence-corrected chi connectivity index (χ1v) is 12.5. The Morgan fingerprint density at radius 3 is 2.31 bits per heavy atom. The van der Waals surface area contributed by atoms with E-state index in [0.717, 1.165) is 35.1 Å². The molecule has 184 valence electrons. The third-order valence-corrected chi connectivity index (χ3v) is 8.01. The molecule has 35 heavy (non-hydrogen) atoms. The van der Waals surface area contributed by atoms with Gasteiger partial charge in [0, 0.05) is 24.9 Å². The van der Waals surface area contributed by atoms with Crippen molar-refractivity contribution in [1.29, 1.82) is 0 Å². The summed E-state index contributed by atoms with van der Waals surface area (Å²) in [6.07, 6.45) is 1.69. The van der Waals surface area contributed by atoms with E-state index >= 15 is 0 Å². The third kappa shape index (κ3) is 4.07. The first kappa shape index (κ1) is 23.4. The maximum Gasteiger partial charge on any atom is 0.407 e. The molecule has 2 aromatic carbocycles. The summed E-state index contributed by atoms with van der Waals surface area (Å²) < 4.78 is 5.67. The van der Waals surface area contributed by atoms with Crippen molar-refractivity contribution in [2.45, 2.75) is 57.0 Å². The summed E-state index contributed by atoms with van der Waals surface area (Å²) in [5.41, 5.74) is 3.56. The van der Waals surface area contributed by atoms with Crippen LogP contribution in [0.1, 0.15) is 56.6 Å². The van der Waals surface area contributed by atoms with Crippen LogP contribution in [0.3, 0.4) is 0 Å². The van der Waals surface area contributed by atoms with Crippen molar-refractivity contribution in [3.63, 3.8) is 0 Å². The fourth-order valence-corrected chi connectivity index (χ4v) is 5.95. The van der Waals surface area contributed by atoms with Crippen molar-refractivity contribution in [3.05, 3.63) is 59.7 Å². The van der Waals surface area contributed by atoms with Gasteiger partial charge in [0.1, 0.15) is 12.1 Å². The molecule has 2 fully saturated rings. The van der Waals surface area contributed by atoms with Gasteiger partial charge in [-0.1, -0.05) is 62.4 Å². The van der Waals surface area contributed by atoms with Crippen LogP contribution in [0.2, 0.25) is 0 Å². The van der Waals surface area contributed by atoms with E-state index in [9.17, 15) is 19.5 Å². The van der Waals surface area contributed by atoms with E-state index in [1.165, 1.54) is 4.90 Å². The second-order valence-electron chi connectivity index (χ2n) is 10.3. The molecular formula is C28H32N2O5. The van der Waals surface area contributed by atoms with Gasteiger partial charge >= 0.3 is 12.1 Å². The van der Waals surface area contributed by atoms with Crippen LogP contribution < -0.4 is 5.32 Å². The van der Waals surface area contributed by atoms with Gasteiger partial charge in [-0.3, -0.25) is 4.79 Å². The number of ether oxygens (including phenoxy) is 1. The fourth-order valence-electron chi connectivity index (χ4n) is 5.95. The molecule has 2 N–H and O–H groups in total. The lowest BCUT2D eigenvalue weighted by Gasteiger charge is -2.35. The van der Waals surface area contributed by atoms with Crippen LogP contribution in [0.15, 0.2) is 48.5 Å². The molecular weight excluding hydrogens is 444 g/mol. The number of rotatable bonds is 7. The maximum absolute atomic E-state index is 13.2. The molecule has 0 radical (unpaired) electrons. The highest BCUT2D eigenvalue weighted by Crippen LogP contribution is 2.54. The summed E-state index contributed by atoms with van der Waals surface area (Å²) in [7, 11) is 0. The Morgan fingerprint density at radius 1 is 1.09 bits per heavy atom. The minimum atomic E-state index is -1.04. The number of piperidine rings is 1. The number of hydrogen-bond donors (Lipinski definition) is 2. The van der Waals surface area contributed by atoms with E-state index in [2.05, 4.69) is 29.6 Å². The summed E-state index contributed by atoms with van der Waals surface area (Å²) in [5.74, 6) is -1.14. The van der Waals surface area contributed by atoms with E-state index < -0.39 is 23.6 Å². The SMILES string of the molecule is CC(C)[C@@H](CC(=O)N1CCC[C@@H]2C[C@@]21C(=O)O)NC(=O)OCC1c2ccccc2-c2ccccc21. The van der Waals surface area contributed by atoms with Crippen molar-refractivity contribution < 1.29 is 24.2 Å². The molecule has 1 saturated heterocycles. The van der Waals surface area contributed by atoms with E-state index in [1.54, 1.807) is 0 Å². The van der Waals surface area contributed by atoms with Crippen LogP contribution in [0, 0.1) is 11.8 Å². The van der Waals surface area contributed by atoms with E-state index in [1.807, 2.05) is 38.1 Å². The number of alkyl carbamates (subject to hydrolysis) is 1. The normalized spacial score (nSPS) is 23.2. The number of fused-ring (bicyclic) bond motifs is 4. The van der Waals surface area contributed by atoms with Gasteiger partial charge in [-0.2, -0.15) is 0 Å². The monoisotopic (exact) mass is 476 g/mol. The molecule has 5 rings (SSSR count). The van der Waals surface area contributed by atoms with Gasteiger partial charge in [0.05, 0.1) is 0 Å². The maximum atomic E-state index is 13.2. The predicted octanol–water partition coefficient (Wildman–Crippen LogP) is 4.41. The van der Waals surface area contributed by atoms with Gasteiger partial charge < -0.3 is 20.1 Å². The summed E-state index contributed by atoms with van der Waals surface area (Å²) >= 11 is 0. The Hall–Kier alpha value is -3.35. The number of carbonyl (C=O) groups is 3. The van der Waals surface area contributed by atoms with Crippen LogP contribution in [-0.2, 0) is 14.3 Å². The van der Waals surface area contributed by atoms with Gasteiger partial charge in [0.15, 0.2) is 0 Å². The van der Waals surface area contributed by atoms with Crippen LogP contribution >= 0.6 is 0 Å². The molecule has 0 bridgehead atoms. The predicted molar refractivity (Wildman–Crippen MR) is 131 cm³/mol. The standard InChI is InChI=1S/C28H32N2O5/c1-17(2)24(14-25(31)30-13-7-8-18-15-28(18,30)26(32)33)29-27(34)35-16-23-21-11-5-3-9-19(21)20-10-4-6-12-22(20)23/h3-6,9-12,17-18,23-24H,7-8,13-16H2,1-2H3,(H,29,34)(H,32,33)/t18-,24-,28+/m1/s1. The number of carboxylic acids is 1. The quantitative estimate of drug-likeness (QED) is 0.617. The van der Waals surface area contributed by atoms with Gasteiger partial charge in [0.25, 0.3) is 0 Å². The Balaban J connectivity index is 1.23. The lowest BCUT2D eigenvalue weighted by Crippen LogP contribution is -2.53. The van der Waals surface area contributed by atoms with Crippen LogP contribution in [0.25, 0.3) is 11.1 Å². The van der Waals surface area contributed by atoms with Crippen molar-refractivity contribution in [2.75, 3.05) is 13.2 Å². The Labute approximate surface area is 205 Å². The largest absolute Gasteiger partial charge is 0.479 e. The topological polar surface area (TPSA) is 95.9 Å². The summed E-state index contributed by atoms with van der Waals surface area (Å²) in [4.78, 5) is 39.4. The molecule has 1 aliphatic heterocycles. The molecule has 2 aromatic rings. The van der Waals surface area contributed by atoms with Crippen molar-refractivity contribution in [2.24, 2.45) is 11.8 Å². The average molecular weight is 477 g/mol. The van der Waals surface area contributed by atoms with Gasteiger partial charge in [-0.05, 0) is 53.4 Å². The lowest BCUT2D eigenvalue weighted by molar-refractivity contribution is -0.154.